The van der Waals surface area contributed by atoms with Gasteiger partial charge in [0.05, 0.1) is 5.56 Å². The summed E-state index contributed by atoms with van der Waals surface area (Å²) in [7, 11) is 0. The third-order valence-corrected chi connectivity index (χ3v) is 5.41. The van der Waals surface area contributed by atoms with E-state index in [-0.39, 0.29) is 17.9 Å². The molecule has 0 heterocycles. The largest absolute Gasteiger partial charge is 0.429 e. The highest BCUT2D eigenvalue weighted by atomic mass is 19.4. The zero-order valence-electron chi connectivity index (χ0n) is 16.7. The maximum atomic E-state index is 14.3. The van der Waals surface area contributed by atoms with Gasteiger partial charge in [-0.05, 0) is 54.5 Å². The third-order valence-electron chi connectivity index (χ3n) is 5.41. The second kappa shape index (κ2) is 8.93. The highest BCUT2D eigenvalue weighted by Gasteiger charge is 2.42. The molecule has 1 aliphatic rings. The first-order valence-electron chi connectivity index (χ1n) is 9.87. The van der Waals surface area contributed by atoms with Gasteiger partial charge in [0.1, 0.15) is 22.9 Å². The van der Waals surface area contributed by atoms with Gasteiger partial charge in [-0.25, -0.2) is 8.78 Å². The van der Waals surface area contributed by atoms with E-state index in [0.29, 0.717) is 5.92 Å². The van der Waals surface area contributed by atoms with Gasteiger partial charge in [-0.2, -0.15) is 22.0 Å². The molecule has 0 aromatic heterocycles. The van der Waals surface area contributed by atoms with Crippen molar-refractivity contribution in [3.63, 3.8) is 0 Å². The molecule has 0 unspecified atom stereocenters. The van der Waals surface area contributed by atoms with Crippen LogP contribution in [-0.4, -0.2) is 0 Å². The molecule has 0 spiro atoms. The van der Waals surface area contributed by atoms with Crippen LogP contribution in [0, 0.1) is 23.5 Å². The van der Waals surface area contributed by atoms with Crippen LogP contribution in [0.15, 0.2) is 42.5 Å². The smallest absolute Gasteiger partial charge is 0.426 e. The number of allylic oxidation sites excluding steroid dienone is 1. The van der Waals surface area contributed by atoms with Crippen molar-refractivity contribution in [2.24, 2.45) is 11.8 Å². The molecule has 0 N–H and O–H groups in total. The fraction of sp³-hybridized carbons (Fsp3) is 0.391. The molecule has 3 rings (SSSR count). The lowest BCUT2D eigenvalue weighted by Crippen LogP contribution is -2.23. The van der Waals surface area contributed by atoms with Crippen LogP contribution in [0.2, 0.25) is 0 Å². The van der Waals surface area contributed by atoms with Crippen LogP contribution in [-0.2, 0) is 12.3 Å². The zero-order chi connectivity index (χ0) is 22.8. The van der Waals surface area contributed by atoms with E-state index in [0.717, 1.165) is 24.3 Å². The maximum Gasteiger partial charge on any atom is 0.426 e. The summed E-state index contributed by atoms with van der Waals surface area (Å²) in [5, 5.41) is 0. The molecule has 1 fully saturated rings. The van der Waals surface area contributed by atoms with E-state index in [1.807, 2.05) is 6.08 Å². The van der Waals surface area contributed by atoms with Crippen molar-refractivity contribution < 1.29 is 35.5 Å². The summed E-state index contributed by atoms with van der Waals surface area (Å²) in [6.45, 7) is 2.22. The van der Waals surface area contributed by atoms with Crippen molar-refractivity contribution in [3.05, 3.63) is 70.8 Å². The molecule has 2 aromatic carbocycles. The maximum absolute atomic E-state index is 14.3. The summed E-state index contributed by atoms with van der Waals surface area (Å²) in [4.78, 5) is 0. The molecule has 0 amide bonds. The molecule has 0 atom stereocenters. The van der Waals surface area contributed by atoms with Gasteiger partial charge in [-0.1, -0.05) is 44.1 Å². The van der Waals surface area contributed by atoms with E-state index in [9.17, 15) is 30.7 Å². The number of benzene rings is 2. The topological polar surface area (TPSA) is 9.23 Å². The van der Waals surface area contributed by atoms with Crippen molar-refractivity contribution >= 4 is 6.08 Å². The number of hydrogen-bond acceptors (Lipinski definition) is 1. The first kappa shape index (κ1) is 23.2. The molecule has 168 valence electrons. The third kappa shape index (κ3) is 5.80. The van der Waals surface area contributed by atoms with Gasteiger partial charge < -0.3 is 4.74 Å². The summed E-state index contributed by atoms with van der Waals surface area (Å²) in [6, 6.07) is 5.45. The van der Waals surface area contributed by atoms with E-state index < -0.39 is 35.0 Å². The Morgan fingerprint density at radius 1 is 0.871 bits per heavy atom. The van der Waals surface area contributed by atoms with E-state index in [1.54, 1.807) is 12.1 Å². The second-order valence-electron chi connectivity index (χ2n) is 7.88. The lowest BCUT2D eigenvalue weighted by Gasteiger charge is -2.23. The van der Waals surface area contributed by atoms with Gasteiger partial charge in [-0.3, -0.25) is 0 Å². The van der Waals surface area contributed by atoms with Crippen molar-refractivity contribution in [2.45, 2.75) is 44.9 Å². The highest BCUT2D eigenvalue weighted by Crippen LogP contribution is 2.38. The van der Waals surface area contributed by atoms with E-state index in [4.69, 9.17) is 0 Å². The van der Waals surface area contributed by atoms with Gasteiger partial charge in [0.2, 0.25) is 0 Å². The lowest BCUT2D eigenvalue weighted by molar-refractivity contribution is -0.186. The Bertz CT molecular complexity index is 901. The van der Waals surface area contributed by atoms with Crippen LogP contribution in [0.4, 0.5) is 30.7 Å². The molecular formula is C23H21F7O. The van der Waals surface area contributed by atoms with E-state index >= 15 is 0 Å². The standard InChI is InChI=1S/C23H21F7O/c1-14-2-4-15(5-3-14)6-7-16-8-10-18(11-9-16)31-23(29,30)17-12-19(24)21(20(25)13-17)22(26,27)28/h6-15H,2-5H2,1H3/b7-6+. The first-order chi connectivity index (χ1) is 14.5. The van der Waals surface area contributed by atoms with Crippen LogP contribution in [0.5, 0.6) is 5.75 Å². The van der Waals surface area contributed by atoms with Crippen LogP contribution >= 0.6 is 0 Å². The number of halogens is 7. The molecule has 0 saturated heterocycles. The summed E-state index contributed by atoms with van der Waals surface area (Å²) in [5.41, 5.74) is -2.82. The Morgan fingerprint density at radius 3 is 1.94 bits per heavy atom. The summed E-state index contributed by atoms with van der Waals surface area (Å²) in [6.07, 6.45) is -1.06. The molecule has 0 aliphatic heterocycles. The summed E-state index contributed by atoms with van der Waals surface area (Å²) < 4.78 is 98.2. The Balaban J connectivity index is 1.70. The predicted octanol–water partition coefficient (Wildman–Crippen LogP) is 7.95. The Labute approximate surface area is 175 Å². The second-order valence-corrected chi connectivity index (χ2v) is 7.88. The number of hydrogen-bond donors (Lipinski definition) is 0. The van der Waals surface area contributed by atoms with Crippen molar-refractivity contribution in [2.75, 3.05) is 0 Å². The summed E-state index contributed by atoms with van der Waals surface area (Å²) >= 11 is 0. The quantitative estimate of drug-likeness (QED) is 0.424. The molecule has 0 bridgehead atoms. The minimum Gasteiger partial charge on any atom is -0.429 e. The predicted molar refractivity (Wildman–Crippen MR) is 102 cm³/mol. The van der Waals surface area contributed by atoms with E-state index in [1.165, 1.54) is 25.0 Å². The minimum absolute atomic E-state index is 0.0754. The Hall–Kier alpha value is -2.51. The average Bonchev–Trinajstić information content (AvgIpc) is 2.67. The van der Waals surface area contributed by atoms with Gasteiger partial charge in [0, 0.05) is 0 Å². The molecule has 1 nitrogen and oxygen atoms in total. The van der Waals surface area contributed by atoms with Crippen LogP contribution in [0.3, 0.4) is 0 Å². The fourth-order valence-electron chi connectivity index (χ4n) is 3.59. The van der Waals surface area contributed by atoms with Crippen LogP contribution in [0.1, 0.15) is 49.3 Å². The van der Waals surface area contributed by atoms with Gasteiger partial charge in [-0.15, -0.1) is 0 Å². The normalized spacial score (nSPS) is 20.3. The van der Waals surface area contributed by atoms with Crippen LogP contribution in [0.25, 0.3) is 6.08 Å². The lowest BCUT2D eigenvalue weighted by atomic mass is 9.83. The Morgan fingerprint density at radius 2 is 1.42 bits per heavy atom. The van der Waals surface area contributed by atoms with Crippen molar-refractivity contribution in [1.82, 2.24) is 0 Å². The monoisotopic (exact) mass is 446 g/mol. The van der Waals surface area contributed by atoms with Crippen LogP contribution < -0.4 is 4.74 Å². The number of alkyl halides is 5. The zero-order valence-corrected chi connectivity index (χ0v) is 16.7. The SMILES string of the molecule is CC1CCC(/C=C/c2ccc(OC(F)(F)c3cc(F)c(C(F)(F)F)c(F)c3)cc2)CC1. The average molecular weight is 446 g/mol. The van der Waals surface area contributed by atoms with Gasteiger partial charge in [0.25, 0.3) is 0 Å². The van der Waals surface area contributed by atoms with Gasteiger partial charge >= 0.3 is 12.3 Å². The number of ether oxygens (including phenoxy) is 1. The fourth-order valence-corrected chi connectivity index (χ4v) is 3.59. The van der Waals surface area contributed by atoms with E-state index in [2.05, 4.69) is 17.7 Å². The molecule has 8 heteroatoms. The molecule has 2 aromatic rings. The highest BCUT2D eigenvalue weighted by molar-refractivity contribution is 5.51. The summed E-state index contributed by atoms with van der Waals surface area (Å²) in [5.74, 6) is -3.36. The van der Waals surface area contributed by atoms with Crippen molar-refractivity contribution in [1.29, 1.82) is 0 Å². The molecule has 1 saturated carbocycles. The number of rotatable bonds is 5. The molecule has 31 heavy (non-hydrogen) atoms. The first-order valence-corrected chi connectivity index (χ1v) is 9.87. The molecular weight excluding hydrogens is 425 g/mol. The minimum atomic E-state index is -5.35. The Kier molecular flexibility index (Phi) is 6.67. The van der Waals surface area contributed by atoms with Crippen molar-refractivity contribution in [3.8, 4) is 5.75 Å². The van der Waals surface area contributed by atoms with Gasteiger partial charge in [0.15, 0.2) is 0 Å². The molecule has 1 aliphatic carbocycles. The molecule has 0 radical (unpaired) electrons.